The molecule has 2 nitrogen and oxygen atoms in total. The van der Waals surface area contributed by atoms with Gasteiger partial charge in [-0.2, -0.15) is 0 Å². The molecule has 0 saturated heterocycles. The van der Waals surface area contributed by atoms with E-state index in [9.17, 15) is 9.36 Å². The topological polar surface area (TPSA) is 34.1 Å². The Kier molecular flexibility index (Phi) is 9.32. The first-order valence-corrected chi connectivity index (χ1v) is 11.3. The van der Waals surface area contributed by atoms with E-state index < -0.39 is 13.3 Å². The molecule has 0 heterocycles. The molecular weight excluding hydrogens is 386 g/mol. The first-order chi connectivity index (χ1) is 12.6. The van der Waals surface area contributed by atoms with Crippen LogP contribution in [0.5, 0.6) is 0 Å². The minimum atomic E-state index is -1.97. The predicted molar refractivity (Wildman–Crippen MR) is 111 cm³/mol. The summed E-state index contributed by atoms with van der Waals surface area (Å²) in [6.07, 6.45) is 8.00. The number of hydrogen-bond acceptors (Lipinski definition) is 2. The van der Waals surface area contributed by atoms with Crippen LogP contribution in [0.25, 0.3) is 0 Å². The van der Waals surface area contributed by atoms with E-state index >= 15 is 0 Å². The third kappa shape index (κ3) is 6.83. The highest BCUT2D eigenvalue weighted by atomic mass is 35.5. The molecule has 1 unspecified atom stereocenters. The number of benzene rings is 2. The molecular formula is C21H24Cl2O2P+. The first kappa shape index (κ1) is 21.1. The van der Waals surface area contributed by atoms with E-state index in [0.717, 1.165) is 25.7 Å². The lowest BCUT2D eigenvalue weighted by Gasteiger charge is -2.01. The van der Waals surface area contributed by atoms with Gasteiger partial charge in [0.25, 0.3) is 0 Å². The molecule has 0 fully saturated rings. The Morgan fingerprint density at radius 1 is 0.769 bits per heavy atom. The number of carbonyl (C=O) groups is 1. The minimum absolute atomic E-state index is 0.192. The highest BCUT2D eigenvalue weighted by molar-refractivity contribution is 7.64. The third-order valence-corrected chi connectivity index (χ3v) is 6.35. The van der Waals surface area contributed by atoms with Crippen molar-refractivity contribution >= 4 is 36.5 Å². The van der Waals surface area contributed by atoms with Gasteiger partial charge in [0.1, 0.15) is 5.56 Å². The lowest BCUT2D eigenvalue weighted by Crippen LogP contribution is -1.98. The Balaban J connectivity index is 1.59. The van der Waals surface area contributed by atoms with Crippen molar-refractivity contribution in [3.8, 4) is 0 Å². The van der Waals surface area contributed by atoms with Crippen LogP contribution in [0.3, 0.4) is 0 Å². The predicted octanol–water partition coefficient (Wildman–Crippen LogP) is 7.54. The van der Waals surface area contributed by atoms with Crippen LogP contribution in [0.2, 0.25) is 10.0 Å². The second-order valence-electron chi connectivity index (χ2n) is 6.36. The highest BCUT2D eigenvalue weighted by Gasteiger charge is 2.32. The smallest absolute Gasteiger partial charge is 0.234 e. The monoisotopic (exact) mass is 409 g/mol. The Bertz CT molecular complexity index is 712. The molecule has 0 aliphatic carbocycles. The van der Waals surface area contributed by atoms with Gasteiger partial charge in [-0.3, -0.25) is 0 Å². The van der Waals surface area contributed by atoms with Crippen LogP contribution in [0.4, 0.5) is 0 Å². The molecule has 26 heavy (non-hydrogen) atoms. The molecule has 1 atom stereocenters. The van der Waals surface area contributed by atoms with Crippen LogP contribution in [-0.2, 0) is 11.0 Å². The largest absolute Gasteiger partial charge is 0.420 e. The van der Waals surface area contributed by atoms with Crippen LogP contribution in [0.15, 0.2) is 48.5 Å². The maximum Gasteiger partial charge on any atom is 0.420 e. The molecule has 2 rings (SSSR count). The second-order valence-corrected chi connectivity index (χ2v) is 8.79. The van der Waals surface area contributed by atoms with E-state index in [0.29, 0.717) is 6.16 Å². The van der Waals surface area contributed by atoms with E-state index in [1.165, 1.54) is 24.8 Å². The lowest BCUT2D eigenvalue weighted by atomic mass is 10.1. The number of hydrogen-bond donors (Lipinski definition) is 0. The van der Waals surface area contributed by atoms with Crippen LogP contribution in [0.1, 0.15) is 54.4 Å². The lowest BCUT2D eigenvalue weighted by molar-refractivity contribution is 0.107. The Morgan fingerprint density at radius 2 is 1.35 bits per heavy atom. The standard InChI is InChI=1S/C21H24Cl2O2P/c22-18-14-10-15-19(23)20(18)21(24)26(25)16-9-4-2-1-3-6-11-17-12-7-5-8-13-17/h5,7-8,10,12-15H,1-4,6,9,11,16H2/q+1. The zero-order chi connectivity index (χ0) is 18.8. The Labute approximate surface area is 166 Å². The fourth-order valence-electron chi connectivity index (χ4n) is 2.86. The van der Waals surface area contributed by atoms with Gasteiger partial charge in [0.2, 0.25) is 0 Å². The van der Waals surface area contributed by atoms with E-state index in [2.05, 4.69) is 24.3 Å². The number of unbranched alkanes of at least 4 members (excludes halogenated alkanes) is 5. The van der Waals surface area contributed by atoms with Crippen molar-refractivity contribution in [1.82, 2.24) is 0 Å². The van der Waals surface area contributed by atoms with E-state index in [1.807, 2.05) is 6.07 Å². The van der Waals surface area contributed by atoms with Gasteiger partial charge < -0.3 is 0 Å². The molecule has 2 aromatic rings. The average Bonchev–Trinajstić information content (AvgIpc) is 2.64. The van der Waals surface area contributed by atoms with Crippen molar-refractivity contribution in [1.29, 1.82) is 0 Å². The maximum absolute atomic E-state index is 12.3. The fourth-order valence-corrected chi connectivity index (χ4v) is 4.77. The molecule has 0 aliphatic heterocycles. The zero-order valence-electron chi connectivity index (χ0n) is 14.8. The molecule has 5 heteroatoms. The summed E-state index contributed by atoms with van der Waals surface area (Å²) in [5.74, 6) is 0. The van der Waals surface area contributed by atoms with Crippen molar-refractivity contribution in [2.75, 3.05) is 6.16 Å². The van der Waals surface area contributed by atoms with Crippen LogP contribution in [-0.4, -0.2) is 11.7 Å². The Morgan fingerprint density at radius 3 is 2.00 bits per heavy atom. The highest BCUT2D eigenvalue weighted by Crippen LogP contribution is 2.35. The van der Waals surface area contributed by atoms with Crippen molar-refractivity contribution in [3.05, 3.63) is 69.7 Å². The summed E-state index contributed by atoms with van der Waals surface area (Å²) in [6, 6.07) is 15.4. The van der Waals surface area contributed by atoms with Gasteiger partial charge in [-0.05, 0) is 43.4 Å². The molecule has 0 spiro atoms. The minimum Gasteiger partial charge on any atom is -0.234 e. The molecule has 0 aliphatic rings. The molecule has 0 saturated carbocycles. The third-order valence-electron chi connectivity index (χ3n) is 4.32. The summed E-state index contributed by atoms with van der Waals surface area (Å²) in [5.41, 5.74) is 1.15. The van der Waals surface area contributed by atoms with Crippen LogP contribution < -0.4 is 0 Å². The van der Waals surface area contributed by atoms with Crippen molar-refractivity contribution in [3.63, 3.8) is 0 Å². The van der Waals surface area contributed by atoms with E-state index in [1.54, 1.807) is 18.2 Å². The van der Waals surface area contributed by atoms with Crippen molar-refractivity contribution in [2.24, 2.45) is 0 Å². The number of halogens is 2. The summed E-state index contributed by atoms with van der Waals surface area (Å²) in [4.78, 5) is 12.3. The van der Waals surface area contributed by atoms with Crippen LogP contribution >= 0.6 is 31.0 Å². The van der Waals surface area contributed by atoms with Gasteiger partial charge in [0.05, 0.1) is 10.0 Å². The quantitative estimate of drug-likeness (QED) is 0.283. The van der Waals surface area contributed by atoms with Gasteiger partial charge in [0.15, 0.2) is 6.16 Å². The second kappa shape index (κ2) is 11.5. The molecule has 0 amide bonds. The van der Waals surface area contributed by atoms with Gasteiger partial charge in [-0.25, -0.2) is 4.79 Å². The fraction of sp³-hybridized carbons (Fsp3) is 0.381. The summed E-state index contributed by atoms with van der Waals surface area (Å²) >= 11 is 12.0. The SMILES string of the molecule is O=C(c1c(Cl)cccc1Cl)[P+](=O)CCCCCCCCc1ccccc1. The van der Waals surface area contributed by atoms with Crippen LogP contribution in [0, 0.1) is 0 Å². The molecule has 0 bridgehead atoms. The molecule has 138 valence electrons. The summed E-state index contributed by atoms with van der Waals surface area (Å²) in [7, 11) is -1.97. The Hall–Kier alpha value is -1.21. The van der Waals surface area contributed by atoms with Gasteiger partial charge >= 0.3 is 13.3 Å². The van der Waals surface area contributed by atoms with Gasteiger partial charge in [0, 0.05) is 0 Å². The number of carbonyl (C=O) groups excluding carboxylic acids is 1. The summed E-state index contributed by atoms with van der Waals surface area (Å²) < 4.78 is 12.2. The number of aryl methyl sites for hydroxylation is 1. The summed E-state index contributed by atoms with van der Waals surface area (Å²) in [5, 5.41) is 0.536. The zero-order valence-corrected chi connectivity index (χ0v) is 17.2. The van der Waals surface area contributed by atoms with Crippen molar-refractivity contribution < 1.29 is 9.36 Å². The molecule has 0 N–H and O–H groups in total. The maximum atomic E-state index is 12.3. The van der Waals surface area contributed by atoms with Crippen molar-refractivity contribution in [2.45, 2.75) is 44.9 Å². The van der Waals surface area contributed by atoms with E-state index in [4.69, 9.17) is 23.2 Å². The average molecular weight is 410 g/mol. The molecule has 0 aromatic heterocycles. The summed E-state index contributed by atoms with van der Waals surface area (Å²) in [6.45, 7) is 0. The van der Waals surface area contributed by atoms with E-state index in [-0.39, 0.29) is 15.6 Å². The first-order valence-electron chi connectivity index (χ1n) is 9.06. The number of rotatable bonds is 11. The van der Waals surface area contributed by atoms with Gasteiger partial charge in [-0.1, -0.05) is 83.4 Å². The molecule has 0 radical (unpaired) electrons. The normalized spacial score (nSPS) is 11.4. The van der Waals surface area contributed by atoms with Gasteiger partial charge in [-0.15, -0.1) is 0 Å². The molecule has 2 aromatic carbocycles.